The zero-order valence-electron chi connectivity index (χ0n) is 23.2. The Morgan fingerprint density at radius 3 is 2.33 bits per heavy atom. The lowest BCUT2D eigenvalue weighted by Gasteiger charge is -2.18. The summed E-state index contributed by atoms with van der Waals surface area (Å²) in [5.41, 5.74) is 8.70. The number of carbonyl (C=O) groups excluding carboxylic acids is 2. The second-order valence-corrected chi connectivity index (χ2v) is 9.88. The van der Waals surface area contributed by atoms with Crippen molar-refractivity contribution in [3.05, 3.63) is 47.7 Å². The summed E-state index contributed by atoms with van der Waals surface area (Å²) in [6, 6.07) is 5.64. The number of ketones is 2. The van der Waals surface area contributed by atoms with Crippen molar-refractivity contribution in [2.45, 2.75) is 66.5 Å². The number of ether oxygens (including phenoxy) is 1. The fourth-order valence-electron chi connectivity index (χ4n) is 3.53. The molecule has 3 atom stereocenters. The average molecular weight is 497 g/mol. The van der Waals surface area contributed by atoms with Crippen molar-refractivity contribution in [1.82, 2.24) is 4.90 Å². The first-order chi connectivity index (χ1) is 16.9. The van der Waals surface area contributed by atoms with Crippen molar-refractivity contribution < 1.29 is 14.3 Å². The van der Waals surface area contributed by atoms with Gasteiger partial charge in [-0.1, -0.05) is 45.6 Å². The monoisotopic (exact) mass is 496 g/mol. The van der Waals surface area contributed by atoms with E-state index in [1.54, 1.807) is 0 Å². The van der Waals surface area contributed by atoms with Crippen LogP contribution in [-0.2, 0) is 14.3 Å². The number of benzene rings is 1. The molecule has 0 saturated carbocycles. The Morgan fingerprint density at radius 2 is 1.94 bits per heavy atom. The first kappa shape index (κ1) is 30.8. The van der Waals surface area contributed by atoms with E-state index in [1.807, 2.05) is 58.0 Å². The molecule has 2 N–H and O–H groups in total. The summed E-state index contributed by atoms with van der Waals surface area (Å²) in [6.45, 7) is 16.2. The maximum atomic E-state index is 11.2. The van der Waals surface area contributed by atoms with Crippen LogP contribution in [-0.4, -0.2) is 61.3 Å². The highest BCUT2D eigenvalue weighted by Gasteiger charge is 2.24. The topological polar surface area (TPSA) is 97.4 Å². The zero-order valence-corrected chi connectivity index (χ0v) is 23.2. The van der Waals surface area contributed by atoms with Crippen molar-refractivity contribution in [1.29, 1.82) is 0 Å². The molecule has 2 aliphatic rings. The molecule has 0 aromatic heterocycles. The number of rotatable bonds is 6. The molecule has 0 amide bonds. The number of hydrogen-bond donors (Lipinski definition) is 1. The van der Waals surface area contributed by atoms with Gasteiger partial charge in [0, 0.05) is 46.1 Å². The molecular formula is C29H44N4O3. The van der Waals surface area contributed by atoms with Gasteiger partial charge in [-0.2, -0.15) is 0 Å². The predicted molar refractivity (Wildman–Crippen MR) is 152 cm³/mol. The van der Waals surface area contributed by atoms with Crippen molar-refractivity contribution >= 4 is 35.4 Å². The third-order valence-electron chi connectivity index (χ3n) is 5.88. The fourth-order valence-corrected chi connectivity index (χ4v) is 3.53. The number of nitrogen functional groups attached to an aromatic ring is 1. The van der Waals surface area contributed by atoms with Crippen LogP contribution in [0.15, 0.2) is 46.6 Å². The van der Waals surface area contributed by atoms with Gasteiger partial charge >= 0.3 is 0 Å². The van der Waals surface area contributed by atoms with Crippen LogP contribution in [0, 0.1) is 18.8 Å². The highest BCUT2D eigenvalue weighted by atomic mass is 16.5. The second-order valence-electron chi connectivity index (χ2n) is 9.88. The SMILES string of the molecule is C=Cc1cccc(N)c1C.CC(=O)C(=O)C=NC(C1=CCC(C)O1)C(C)C.CC1CN=C(N(C)C)C1. The number of hydrogen-bond acceptors (Lipinski definition) is 7. The third-order valence-corrected chi connectivity index (χ3v) is 5.88. The molecule has 3 rings (SSSR count). The van der Waals surface area contributed by atoms with Crippen molar-refractivity contribution in [3.63, 3.8) is 0 Å². The van der Waals surface area contributed by atoms with Crippen LogP contribution >= 0.6 is 0 Å². The first-order valence-electron chi connectivity index (χ1n) is 12.5. The number of nitrogens with two attached hydrogens (primary N) is 1. The fraction of sp³-hybridized carbons (Fsp3) is 0.517. The molecule has 0 bridgehead atoms. The van der Waals surface area contributed by atoms with Crippen LogP contribution in [0.4, 0.5) is 5.69 Å². The number of aliphatic imine (C=N–C) groups is 2. The molecule has 7 nitrogen and oxygen atoms in total. The highest BCUT2D eigenvalue weighted by molar-refractivity contribution is 6.58. The summed E-state index contributed by atoms with van der Waals surface area (Å²) < 4.78 is 5.63. The molecule has 198 valence electrons. The minimum atomic E-state index is -0.567. The number of carbonyl (C=O) groups is 2. The Balaban J connectivity index is 0.000000290. The van der Waals surface area contributed by atoms with E-state index < -0.39 is 11.6 Å². The Bertz CT molecular complexity index is 992. The molecule has 7 heteroatoms. The van der Waals surface area contributed by atoms with E-state index in [9.17, 15) is 9.59 Å². The minimum Gasteiger partial charge on any atom is -0.493 e. The predicted octanol–water partition coefficient (Wildman–Crippen LogP) is 5.14. The van der Waals surface area contributed by atoms with Crippen LogP contribution in [0.3, 0.4) is 0 Å². The molecule has 0 spiro atoms. The molecule has 0 fully saturated rings. The molecular weight excluding hydrogens is 452 g/mol. The third kappa shape index (κ3) is 10.2. The summed E-state index contributed by atoms with van der Waals surface area (Å²) in [4.78, 5) is 32.6. The summed E-state index contributed by atoms with van der Waals surface area (Å²) in [6.07, 6.45) is 7.13. The lowest BCUT2D eigenvalue weighted by atomic mass is 10.0. The van der Waals surface area contributed by atoms with Gasteiger partial charge in [-0.25, -0.2) is 0 Å². The maximum absolute atomic E-state index is 11.2. The van der Waals surface area contributed by atoms with Crippen LogP contribution in [0.25, 0.3) is 6.08 Å². The summed E-state index contributed by atoms with van der Waals surface area (Å²) in [5, 5.41) is 0. The standard InChI is InChI=1S/C13H19NO3.C9H11N.C7H14N2/c1-8(2)13(12-6-5-9(3)17-12)14-7-11(16)10(4)15;1-3-8-5-4-6-9(10)7(8)2;1-6-4-7(8-5-6)9(2)3/h6-9,13H,5H2,1-4H3;3-6H,1,10H2,2H3;6H,4-5H2,1-3H3. The van der Waals surface area contributed by atoms with Gasteiger partial charge in [-0.15, -0.1) is 0 Å². The first-order valence-corrected chi connectivity index (χ1v) is 12.5. The van der Waals surface area contributed by atoms with E-state index in [0.717, 1.165) is 54.1 Å². The van der Waals surface area contributed by atoms with Gasteiger partial charge in [0.1, 0.15) is 11.8 Å². The Morgan fingerprint density at radius 1 is 1.28 bits per heavy atom. The lowest BCUT2D eigenvalue weighted by molar-refractivity contribution is -0.131. The number of anilines is 1. The highest BCUT2D eigenvalue weighted by Crippen LogP contribution is 2.25. The Kier molecular flexibility index (Phi) is 12.9. The van der Waals surface area contributed by atoms with Crippen molar-refractivity contribution in [3.8, 4) is 0 Å². The molecule has 1 aromatic carbocycles. The Labute approximate surface area is 217 Å². The number of Topliss-reactive ketones (excluding diaryl/α,β-unsaturated/α-hetero) is 2. The molecule has 36 heavy (non-hydrogen) atoms. The molecule has 3 unspecified atom stereocenters. The van der Waals surface area contributed by atoms with E-state index in [0.29, 0.717) is 0 Å². The van der Waals surface area contributed by atoms with Crippen molar-refractivity contribution in [2.75, 3.05) is 26.4 Å². The smallest absolute Gasteiger partial charge is 0.238 e. The molecule has 2 heterocycles. The van der Waals surface area contributed by atoms with Gasteiger partial charge in [0.05, 0.1) is 18.2 Å². The van der Waals surface area contributed by atoms with Crippen LogP contribution in [0.1, 0.15) is 58.6 Å². The molecule has 0 aliphatic carbocycles. The van der Waals surface area contributed by atoms with Crippen molar-refractivity contribution in [2.24, 2.45) is 21.8 Å². The van der Waals surface area contributed by atoms with Gasteiger partial charge in [0.2, 0.25) is 11.6 Å². The second kappa shape index (κ2) is 15.0. The molecule has 2 aliphatic heterocycles. The lowest BCUT2D eigenvalue weighted by Crippen LogP contribution is -2.20. The minimum absolute atomic E-state index is 0.171. The number of nitrogens with zero attached hydrogens (tertiary/aromatic N) is 3. The number of amidine groups is 1. The summed E-state index contributed by atoms with van der Waals surface area (Å²) in [5.74, 6) is 1.99. The zero-order chi connectivity index (χ0) is 27.4. The van der Waals surface area contributed by atoms with Crippen LogP contribution < -0.4 is 5.73 Å². The van der Waals surface area contributed by atoms with Gasteiger partial charge in [0.25, 0.3) is 0 Å². The van der Waals surface area contributed by atoms with Gasteiger partial charge < -0.3 is 15.4 Å². The summed E-state index contributed by atoms with van der Waals surface area (Å²) >= 11 is 0. The van der Waals surface area contributed by atoms with E-state index >= 15 is 0 Å². The quantitative estimate of drug-likeness (QED) is 0.334. The van der Waals surface area contributed by atoms with Gasteiger partial charge in [-0.3, -0.25) is 19.6 Å². The van der Waals surface area contributed by atoms with Gasteiger partial charge in [-0.05, 0) is 49.0 Å². The van der Waals surface area contributed by atoms with Gasteiger partial charge in [0.15, 0.2) is 0 Å². The van der Waals surface area contributed by atoms with E-state index in [2.05, 4.69) is 42.5 Å². The average Bonchev–Trinajstić information content (AvgIpc) is 3.44. The Hall–Kier alpha value is -3.22. The molecule has 0 saturated heterocycles. The van der Waals surface area contributed by atoms with Crippen LogP contribution in [0.5, 0.6) is 0 Å². The largest absolute Gasteiger partial charge is 0.493 e. The summed E-state index contributed by atoms with van der Waals surface area (Å²) in [7, 11) is 4.10. The van der Waals surface area contributed by atoms with E-state index in [-0.39, 0.29) is 18.1 Å². The van der Waals surface area contributed by atoms with E-state index in [4.69, 9.17) is 10.5 Å². The molecule has 0 radical (unpaired) electrons. The van der Waals surface area contributed by atoms with E-state index in [1.165, 1.54) is 12.8 Å². The maximum Gasteiger partial charge on any atom is 0.238 e. The normalized spacial score (nSPS) is 19.2. The molecule has 1 aromatic rings. The van der Waals surface area contributed by atoms with Crippen LogP contribution in [0.2, 0.25) is 0 Å².